The number of imide groups is 1. The summed E-state index contributed by atoms with van der Waals surface area (Å²) in [5.41, 5.74) is 0. The van der Waals surface area contributed by atoms with Crippen molar-refractivity contribution in [3.8, 4) is 0 Å². The largest absolute Gasteiger partial charge is 0.306 e. The Bertz CT molecular complexity index is 293. The highest BCUT2D eigenvalue weighted by molar-refractivity contribution is 6.05. The number of piperidine rings is 1. The Morgan fingerprint density at radius 3 is 2.94 bits per heavy atom. The molecule has 0 spiro atoms. The maximum atomic E-state index is 11.3. The molecular weight excluding hydrogens is 206 g/mol. The second-order valence-corrected chi connectivity index (χ2v) is 4.85. The van der Waals surface area contributed by atoms with Crippen molar-refractivity contribution in [2.75, 3.05) is 26.7 Å². The number of likely N-dealkylation sites (tertiary alicyclic amines) is 1. The van der Waals surface area contributed by atoms with Crippen LogP contribution in [0.3, 0.4) is 0 Å². The summed E-state index contributed by atoms with van der Waals surface area (Å²) >= 11 is 0. The minimum Gasteiger partial charge on any atom is -0.306 e. The molecule has 0 aliphatic carbocycles. The molecule has 5 nitrogen and oxygen atoms in total. The van der Waals surface area contributed by atoms with Crippen molar-refractivity contribution in [2.24, 2.45) is 5.92 Å². The average molecular weight is 225 g/mol. The van der Waals surface area contributed by atoms with Crippen molar-refractivity contribution in [1.29, 1.82) is 0 Å². The molecule has 2 aliphatic rings. The summed E-state index contributed by atoms with van der Waals surface area (Å²) in [6.45, 7) is 3.07. The molecule has 0 aromatic heterocycles. The highest BCUT2D eigenvalue weighted by Crippen LogP contribution is 2.14. The van der Waals surface area contributed by atoms with Crippen LogP contribution in [0.1, 0.15) is 19.3 Å². The van der Waals surface area contributed by atoms with Gasteiger partial charge < -0.3 is 10.2 Å². The van der Waals surface area contributed by atoms with E-state index in [1.54, 1.807) is 0 Å². The van der Waals surface area contributed by atoms with Crippen LogP contribution in [0, 0.1) is 5.92 Å². The van der Waals surface area contributed by atoms with E-state index < -0.39 is 0 Å². The van der Waals surface area contributed by atoms with E-state index in [2.05, 4.69) is 22.6 Å². The SMILES string of the molecule is CN1CCC[C@@H](CN[C@@H]2CC(=O)NC2=O)C1. The monoisotopic (exact) mass is 225 g/mol. The second kappa shape index (κ2) is 4.93. The number of nitrogens with one attached hydrogen (secondary N) is 2. The Balaban J connectivity index is 1.74. The van der Waals surface area contributed by atoms with Gasteiger partial charge in [0.05, 0.1) is 12.5 Å². The molecule has 0 saturated carbocycles. The van der Waals surface area contributed by atoms with E-state index >= 15 is 0 Å². The van der Waals surface area contributed by atoms with Crippen LogP contribution in [0.15, 0.2) is 0 Å². The fraction of sp³-hybridized carbons (Fsp3) is 0.818. The standard InChI is InChI=1S/C11H19N3O2/c1-14-4-2-3-8(7-14)6-12-9-5-10(15)13-11(9)16/h8-9,12H,2-7H2,1H3,(H,13,15,16)/t8-,9+/m0/s1. The minimum absolute atomic E-state index is 0.164. The molecule has 0 aromatic rings. The molecule has 16 heavy (non-hydrogen) atoms. The fourth-order valence-corrected chi connectivity index (χ4v) is 2.47. The first-order chi connectivity index (χ1) is 7.65. The van der Waals surface area contributed by atoms with E-state index in [1.165, 1.54) is 19.4 Å². The molecular formula is C11H19N3O2. The van der Waals surface area contributed by atoms with E-state index in [4.69, 9.17) is 0 Å². The number of amides is 2. The lowest BCUT2D eigenvalue weighted by atomic mass is 9.98. The van der Waals surface area contributed by atoms with Crippen LogP contribution < -0.4 is 10.6 Å². The van der Waals surface area contributed by atoms with Crippen LogP contribution in [-0.2, 0) is 9.59 Å². The Kier molecular flexibility index (Phi) is 3.56. The molecule has 2 saturated heterocycles. The van der Waals surface area contributed by atoms with Crippen LogP contribution in [0.25, 0.3) is 0 Å². The topological polar surface area (TPSA) is 61.4 Å². The lowest BCUT2D eigenvalue weighted by Gasteiger charge is -2.30. The highest BCUT2D eigenvalue weighted by Gasteiger charge is 2.30. The first-order valence-corrected chi connectivity index (χ1v) is 5.91. The van der Waals surface area contributed by atoms with Gasteiger partial charge in [-0.1, -0.05) is 0 Å². The zero-order valence-corrected chi connectivity index (χ0v) is 9.66. The molecule has 2 atom stereocenters. The summed E-state index contributed by atoms with van der Waals surface area (Å²) < 4.78 is 0. The number of nitrogens with zero attached hydrogens (tertiary/aromatic N) is 1. The fourth-order valence-electron chi connectivity index (χ4n) is 2.47. The van der Waals surface area contributed by atoms with Crippen LogP contribution in [-0.4, -0.2) is 49.4 Å². The van der Waals surface area contributed by atoms with E-state index in [-0.39, 0.29) is 17.9 Å². The van der Waals surface area contributed by atoms with Gasteiger partial charge in [0.1, 0.15) is 0 Å². The maximum absolute atomic E-state index is 11.3. The first kappa shape index (κ1) is 11.5. The lowest BCUT2D eigenvalue weighted by molar-refractivity contribution is -0.125. The van der Waals surface area contributed by atoms with Gasteiger partial charge in [0.25, 0.3) is 0 Å². The summed E-state index contributed by atoms with van der Waals surface area (Å²) in [4.78, 5) is 24.6. The highest BCUT2D eigenvalue weighted by atomic mass is 16.2. The molecule has 2 N–H and O–H groups in total. The van der Waals surface area contributed by atoms with Crippen molar-refractivity contribution in [3.05, 3.63) is 0 Å². The van der Waals surface area contributed by atoms with Gasteiger partial charge in [-0.05, 0) is 38.9 Å². The molecule has 2 heterocycles. The molecule has 90 valence electrons. The summed E-state index contributed by atoms with van der Waals surface area (Å²) in [7, 11) is 2.12. The van der Waals surface area contributed by atoms with Crippen LogP contribution in [0.2, 0.25) is 0 Å². The summed E-state index contributed by atoms with van der Waals surface area (Å²) in [6, 6.07) is -0.306. The molecule has 0 radical (unpaired) electrons. The van der Waals surface area contributed by atoms with Crippen LogP contribution in [0.5, 0.6) is 0 Å². The van der Waals surface area contributed by atoms with Gasteiger partial charge in [0.15, 0.2) is 0 Å². The number of rotatable bonds is 3. The van der Waals surface area contributed by atoms with Gasteiger partial charge in [-0.3, -0.25) is 14.9 Å². The third-order valence-corrected chi connectivity index (χ3v) is 3.34. The zero-order valence-electron chi connectivity index (χ0n) is 9.66. The van der Waals surface area contributed by atoms with Gasteiger partial charge in [0.2, 0.25) is 11.8 Å². The number of hydrogen-bond donors (Lipinski definition) is 2. The molecule has 5 heteroatoms. The Hall–Kier alpha value is -0.940. The smallest absolute Gasteiger partial charge is 0.244 e. The predicted octanol–water partition coefficient (Wildman–Crippen LogP) is -0.667. The number of hydrogen-bond acceptors (Lipinski definition) is 4. The van der Waals surface area contributed by atoms with Gasteiger partial charge in [-0.15, -0.1) is 0 Å². The third kappa shape index (κ3) is 2.80. The van der Waals surface area contributed by atoms with Crippen molar-refractivity contribution in [1.82, 2.24) is 15.5 Å². The normalized spacial score (nSPS) is 31.8. The molecule has 0 aromatic carbocycles. The Labute approximate surface area is 95.6 Å². The van der Waals surface area contributed by atoms with Crippen molar-refractivity contribution in [3.63, 3.8) is 0 Å². The summed E-state index contributed by atoms with van der Waals surface area (Å²) in [5, 5.41) is 5.51. The molecule has 2 rings (SSSR count). The van der Waals surface area contributed by atoms with E-state index in [0.717, 1.165) is 13.1 Å². The first-order valence-electron chi connectivity index (χ1n) is 5.91. The second-order valence-electron chi connectivity index (χ2n) is 4.85. The third-order valence-electron chi connectivity index (χ3n) is 3.34. The number of carbonyl (C=O) groups excluding carboxylic acids is 2. The van der Waals surface area contributed by atoms with E-state index in [9.17, 15) is 9.59 Å². The predicted molar refractivity (Wildman–Crippen MR) is 59.8 cm³/mol. The molecule has 0 bridgehead atoms. The Morgan fingerprint density at radius 2 is 2.31 bits per heavy atom. The Morgan fingerprint density at radius 1 is 1.50 bits per heavy atom. The van der Waals surface area contributed by atoms with Gasteiger partial charge in [-0.25, -0.2) is 0 Å². The van der Waals surface area contributed by atoms with Crippen molar-refractivity contribution >= 4 is 11.8 Å². The van der Waals surface area contributed by atoms with Gasteiger partial charge >= 0.3 is 0 Å². The van der Waals surface area contributed by atoms with Crippen LogP contribution in [0.4, 0.5) is 0 Å². The van der Waals surface area contributed by atoms with Crippen LogP contribution >= 0.6 is 0 Å². The van der Waals surface area contributed by atoms with E-state index in [1.807, 2.05) is 0 Å². The molecule has 0 unspecified atom stereocenters. The van der Waals surface area contributed by atoms with Gasteiger partial charge in [0, 0.05) is 6.54 Å². The maximum Gasteiger partial charge on any atom is 0.244 e. The summed E-state index contributed by atoms with van der Waals surface area (Å²) in [5.74, 6) is 0.264. The van der Waals surface area contributed by atoms with Crippen molar-refractivity contribution in [2.45, 2.75) is 25.3 Å². The quantitative estimate of drug-likeness (QED) is 0.626. The molecule has 2 amide bonds. The van der Waals surface area contributed by atoms with E-state index in [0.29, 0.717) is 12.3 Å². The molecule has 2 fully saturated rings. The van der Waals surface area contributed by atoms with Gasteiger partial charge in [-0.2, -0.15) is 0 Å². The molecule has 2 aliphatic heterocycles. The average Bonchev–Trinajstić information content (AvgIpc) is 2.54. The lowest BCUT2D eigenvalue weighted by Crippen LogP contribution is -2.43. The summed E-state index contributed by atoms with van der Waals surface area (Å²) in [6.07, 6.45) is 2.72. The minimum atomic E-state index is -0.306. The van der Waals surface area contributed by atoms with Crippen molar-refractivity contribution < 1.29 is 9.59 Å². The zero-order chi connectivity index (χ0) is 11.5. The number of carbonyl (C=O) groups is 2.